The largest absolute Gasteiger partial charge is 0.486 e. The van der Waals surface area contributed by atoms with E-state index in [2.05, 4.69) is 0 Å². The van der Waals surface area contributed by atoms with Crippen LogP contribution in [0.4, 0.5) is 5.69 Å². The quantitative estimate of drug-likeness (QED) is 0.490. The summed E-state index contributed by atoms with van der Waals surface area (Å²) in [6.45, 7) is 1.14. The van der Waals surface area contributed by atoms with E-state index >= 15 is 0 Å². The van der Waals surface area contributed by atoms with Crippen LogP contribution in [-0.2, 0) is 5.75 Å². The molecule has 108 valence electrons. The number of nitro groups is 1. The lowest BCUT2D eigenvalue weighted by atomic mass is 10.2. The predicted molar refractivity (Wildman–Crippen MR) is 80.1 cm³/mol. The van der Waals surface area contributed by atoms with E-state index in [4.69, 9.17) is 9.47 Å². The van der Waals surface area contributed by atoms with Gasteiger partial charge in [0.1, 0.15) is 13.2 Å². The smallest absolute Gasteiger partial charge is 0.269 e. The van der Waals surface area contributed by atoms with Crippen molar-refractivity contribution in [2.45, 2.75) is 10.6 Å². The summed E-state index contributed by atoms with van der Waals surface area (Å²) in [5.74, 6) is 2.19. The molecule has 0 atom stereocenters. The van der Waals surface area contributed by atoms with Crippen LogP contribution >= 0.6 is 11.8 Å². The Balaban J connectivity index is 1.70. The van der Waals surface area contributed by atoms with Crippen LogP contribution in [0.5, 0.6) is 11.5 Å². The van der Waals surface area contributed by atoms with E-state index in [-0.39, 0.29) is 10.6 Å². The van der Waals surface area contributed by atoms with Crippen molar-refractivity contribution >= 4 is 17.4 Å². The van der Waals surface area contributed by atoms with E-state index in [1.54, 1.807) is 23.9 Å². The van der Waals surface area contributed by atoms with Crippen LogP contribution in [0.1, 0.15) is 5.56 Å². The molecule has 3 rings (SSSR count). The van der Waals surface area contributed by atoms with Gasteiger partial charge >= 0.3 is 0 Å². The highest BCUT2D eigenvalue weighted by atomic mass is 32.2. The molecule has 0 fully saturated rings. The Morgan fingerprint density at radius 1 is 1.10 bits per heavy atom. The molecule has 1 aliphatic heterocycles. The Morgan fingerprint density at radius 3 is 2.71 bits per heavy atom. The number of fused-ring (bicyclic) bond motifs is 1. The average Bonchev–Trinajstić information content (AvgIpc) is 2.53. The SMILES string of the molecule is O=[N+]([O-])c1cccc(CSc2ccc3c(c2)OCCO3)c1. The zero-order valence-corrected chi connectivity index (χ0v) is 12.0. The lowest BCUT2D eigenvalue weighted by molar-refractivity contribution is -0.384. The van der Waals surface area contributed by atoms with Crippen molar-refractivity contribution in [3.05, 3.63) is 58.1 Å². The molecule has 0 aliphatic carbocycles. The number of rotatable bonds is 4. The van der Waals surface area contributed by atoms with E-state index < -0.39 is 0 Å². The maximum Gasteiger partial charge on any atom is 0.269 e. The summed E-state index contributed by atoms with van der Waals surface area (Å²) in [6, 6.07) is 12.5. The van der Waals surface area contributed by atoms with Gasteiger partial charge in [-0.1, -0.05) is 12.1 Å². The molecule has 0 radical (unpaired) electrons. The van der Waals surface area contributed by atoms with Crippen molar-refractivity contribution in [3.8, 4) is 11.5 Å². The third-order valence-corrected chi connectivity index (χ3v) is 4.11. The molecule has 0 aromatic heterocycles. The molecule has 1 aliphatic rings. The molecule has 2 aromatic carbocycles. The van der Waals surface area contributed by atoms with E-state index in [1.165, 1.54) is 6.07 Å². The molecule has 21 heavy (non-hydrogen) atoms. The lowest BCUT2D eigenvalue weighted by Crippen LogP contribution is -2.15. The highest BCUT2D eigenvalue weighted by molar-refractivity contribution is 7.98. The van der Waals surface area contributed by atoms with Gasteiger partial charge in [-0.3, -0.25) is 10.1 Å². The van der Waals surface area contributed by atoms with Gasteiger partial charge < -0.3 is 9.47 Å². The number of benzene rings is 2. The molecule has 5 nitrogen and oxygen atoms in total. The van der Waals surface area contributed by atoms with Crippen molar-refractivity contribution in [2.24, 2.45) is 0 Å². The molecular weight excluding hydrogens is 290 g/mol. The van der Waals surface area contributed by atoms with Gasteiger partial charge in [0, 0.05) is 22.8 Å². The first kappa shape index (κ1) is 13.8. The standard InChI is InChI=1S/C15H13NO4S/c17-16(18)12-3-1-2-11(8-12)10-21-13-4-5-14-15(9-13)20-7-6-19-14/h1-5,8-9H,6-7,10H2. The van der Waals surface area contributed by atoms with E-state index in [0.29, 0.717) is 19.0 Å². The van der Waals surface area contributed by atoms with Crippen molar-refractivity contribution in [1.82, 2.24) is 0 Å². The van der Waals surface area contributed by atoms with Crippen LogP contribution in [0.25, 0.3) is 0 Å². The highest BCUT2D eigenvalue weighted by Crippen LogP contribution is 2.35. The number of nitro benzene ring substituents is 1. The first-order valence-corrected chi connectivity index (χ1v) is 7.47. The van der Waals surface area contributed by atoms with Gasteiger partial charge in [0.05, 0.1) is 4.92 Å². The molecule has 0 saturated heterocycles. The molecule has 1 heterocycles. The Kier molecular flexibility index (Phi) is 3.96. The van der Waals surface area contributed by atoms with Crippen LogP contribution < -0.4 is 9.47 Å². The van der Waals surface area contributed by atoms with Gasteiger partial charge in [0.2, 0.25) is 0 Å². The topological polar surface area (TPSA) is 61.6 Å². The predicted octanol–water partition coefficient (Wildman–Crippen LogP) is 3.66. The Bertz CT molecular complexity index is 674. The molecule has 0 saturated carbocycles. The Labute approximate surface area is 126 Å². The molecule has 0 amide bonds. The number of ether oxygens (including phenoxy) is 2. The van der Waals surface area contributed by atoms with Crippen molar-refractivity contribution in [1.29, 1.82) is 0 Å². The minimum atomic E-state index is -0.377. The fourth-order valence-electron chi connectivity index (χ4n) is 2.04. The van der Waals surface area contributed by atoms with E-state index in [0.717, 1.165) is 22.0 Å². The number of hydrogen-bond acceptors (Lipinski definition) is 5. The van der Waals surface area contributed by atoms with Crippen LogP contribution in [0.2, 0.25) is 0 Å². The lowest BCUT2D eigenvalue weighted by Gasteiger charge is -2.18. The first-order valence-electron chi connectivity index (χ1n) is 6.48. The zero-order valence-electron chi connectivity index (χ0n) is 11.2. The minimum Gasteiger partial charge on any atom is -0.486 e. The molecule has 0 spiro atoms. The number of thioether (sulfide) groups is 1. The van der Waals surface area contributed by atoms with Gasteiger partial charge in [-0.05, 0) is 23.8 Å². The summed E-state index contributed by atoms with van der Waals surface area (Å²) in [7, 11) is 0. The summed E-state index contributed by atoms with van der Waals surface area (Å²) >= 11 is 1.61. The Morgan fingerprint density at radius 2 is 1.90 bits per heavy atom. The molecule has 0 N–H and O–H groups in total. The third-order valence-electron chi connectivity index (χ3n) is 3.04. The summed E-state index contributed by atoms with van der Waals surface area (Å²) in [4.78, 5) is 11.4. The molecule has 0 bridgehead atoms. The van der Waals surface area contributed by atoms with Gasteiger partial charge in [-0.2, -0.15) is 0 Å². The zero-order chi connectivity index (χ0) is 14.7. The average molecular weight is 303 g/mol. The van der Waals surface area contributed by atoms with Crippen LogP contribution in [0.15, 0.2) is 47.4 Å². The van der Waals surface area contributed by atoms with Gasteiger partial charge in [0.25, 0.3) is 5.69 Å². The second-order valence-electron chi connectivity index (χ2n) is 4.52. The van der Waals surface area contributed by atoms with E-state index in [9.17, 15) is 10.1 Å². The Hall–Kier alpha value is -2.21. The number of nitrogens with zero attached hydrogens (tertiary/aromatic N) is 1. The maximum atomic E-state index is 10.8. The first-order chi connectivity index (χ1) is 10.2. The van der Waals surface area contributed by atoms with Crippen LogP contribution in [0.3, 0.4) is 0 Å². The highest BCUT2D eigenvalue weighted by Gasteiger charge is 2.12. The maximum absolute atomic E-state index is 10.8. The summed E-state index contributed by atoms with van der Waals surface area (Å²) in [6.07, 6.45) is 0. The van der Waals surface area contributed by atoms with Crippen molar-refractivity contribution < 1.29 is 14.4 Å². The summed E-state index contributed by atoms with van der Waals surface area (Å²) in [5.41, 5.74) is 1.04. The van der Waals surface area contributed by atoms with Gasteiger partial charge in [-0.15, -0.1) is 11.8 Å². The molecule has 6 heteroatoms. The second kappa shape index (κ2) is 6.05. The molecule has 0 unspecified atom stereocenters. The fraction of sp³-hybridized carbons (Fsp3) is 0.200. The second-order valence-corrected chi connectivity index (χ2v) is 5.57. The molecule has 2 aromatic rings. The minimum absolute atomic E-state index is 0.121. The van der Waals surface area contributed by atoms with Crippen LogP contribution in [0, 0.1) is 10.1 Å². The summed E-state index contributed by atoms with van der Waals surface area (Å²) < 4.78 is 11.0. The number of hydrogen-bond donors (Lipinski definition) is 0. The normalized spacial score (nSPS) is 13.0. The van der Waals surface area contributed by atoms with Gasteiger partial charge in [0.15, 0.2) is 11.5 Å². The summed E-state index contributed by atoms with van der Waals surface area (Å²) in [5, 5.41) is 10.8. The fourth-order valence-corrected chi connectivity index (χ4v) is 2.91. The van der Waals surface area contributed by atoms with Crippen molar-refractivity contribution in [3.63, 3.8) is 0 Å². The number of non-ortho nitro benzene ring substituents is 1. The van der Waals surface area contributed by atoms with E-state index in [1.807, 2.05) is 24.3 Å². The van der Waals surface area contributed by atoms with Gasteiger partial charge in [-0.25, -0.2) is 0 Å². The third kappa shape index (κ3) is 3.28. The van der Waals surface area contributed by atoms with Crippen LogP contribution in [-0.4, -0.2) is 18.1 Å². The monoisotopic (exact) mass is 303 g/mol. The van der Waals surface area contributed by atoms with Crippen molar-refractivity contribution in [2.75, 3.05) is 13.2 Å². The molecular formula is C15H13NO4S.